The molecule has 1 atom stereocenters. The maximum Gasteiger partial charge on any atom is 0.349 e. The molecule has 0 saturated heterocycles. The van der Waals surface area contributed by atoms with Gasteiger partial charge in [-0.3, -0.25) is 0 Å². The van der Waals surface area contributed by atoms with E-state index in [0.29, 0.717) is 22.2 Å². The van der Waals surface area contributed by atoms with Gasteiger partial charge in [0.15, 0.2) is 5.56 Å². The van der Waals surface area contributed by atoms with Gasteiger partial charge in [0, 0.05) is 18.2 Å². The highest BCUT2D eigenvalue weighted by molar-refractivity contribution is 6.29. The van der Waals surface area contributed by atoms with Crippen molar-refractivity contribution in [2.75, 3.05) is 7.11 Å². The SMILES string of the molecule is C=C/C=C(\C=C)c1c(OC)[n+](C)c2n(c1=O)C(c1ccc(Cl)nc1)CC2. The fourth-order valence-electron chi connectivity index (χ4n) is 3.55. The van der Waals surface area contributed by atoms with Crippen LogP contribution in [0, 0.1) is 0 Å². The molecule has 0 radical (unpaired) electrons. The van der Waals surface area contributed by atoms with Gasteiger partial charge in [0.1, 0.15) is 11.2 Å². The van der Waals surface area contributed by atoms with E-state index in [-0.39, 0.29) is 11.6 Å². The highest BCUT2D eigenvalue weighted by atomic mass is 35.5. The van der Waals surface area contributed by atoms with Gasteiger partial charge in [-0.1, -0.05) is 49.1 Å². The van der Waals surface area contributed by atoms with Crippen molar-refractivity contribution in [3.05, 3.63) is 82.2 Å². The van der Waals surface area contributed by atoms with Crippen LogP contribution in [0.2, 0.25) is 5.15 Å². The molecule has 3 rings (SSSR count). The number of ether oxygens (including phenoxy) is 1. The molecule has 0 amide bonds. The van der Waals surface area contributed by atoms with Crippen LogP contribution in [0.1, 0.15) is 29.4 Å². The van der Waals surface area contributed by atoms with Crippen LogP contribution in [0.3, 0.4) is 0 Å². The number of aromatic nitrogens is 3. The number of rotatable bonds is 5. The minimum Gasteiger partial charge on any atom is -0.465 e. The molecule has 0 N–H and O–H groups in total. The number of fused-ring (bicyclic) bond motifs is 1. The van der Waals surface area contributed by atoms with Gasteiger partial charge in [-0.05, 0) is 11.6 Å². The summed E-state index contributed by atoms with van der Waals surface area (Å²) in [6.07, 6.45) is 8.34. The van der Waals surface area contributed by atoms with Crippen LogP contribution in [-0.4, -0.2) is 16.7 Å². The third-order valence-corrected chi connectivity index (χ3v) is 4.93. The zero-order chi connectivity index (χ0) is 18.8. The second kappa shape index (κ2) is 7.30. The van der Waals surface area contributed by atoms with Crippen LogP contribution in [0.5, 0.6) is 5.88 Å². The van der Waals surface area contributed by atoms with E-state index in [9.17, 15) is 4.79 Å². The molecule has 2 aromatic heterocycles. The molecule has 0 aliphatic carbocycles. The van der Waals surface area contributed by atoms with Gasteiger partial charge in [-0.2, -0.15) is 4.57 Å². The first-order chi connectivity index (χ1) is 12.5. The summed E-state index contributed by atoms with van der Waals surface area (Å²) in [5.74, 6) is 1.43. The maximum atomic E-state index is 13.4. The molecule has 0 saturated carbocycles. The summed E-state index contributed by atoms with van der Waals surface area (Å²) < 4.78 is 9.32. The topological polar surface area (TPSA) is 48.0 Å². The molecule has 1 aliphatic heterocycles. The Morgan fingerprint density at radius 2 is 2.23 bits per heavy atom. The summed E-state index contributed by atoms with van der Waals surface area (Å²) in [7, 11) is 3.48. The van der Waals surface area contributed by atoms with E-state index in [1.54, 1.807) is 37.6 Å². The largest absolute Gasteiger partial charge is 0.465 e. The average molecular weight is 371 g/mol. The molecule has 0 aromatic carbocycles. The lowest BCUT2D eigenvalue weighted by atomic mass is 10.1. The van der Waals surface area contributed by atoms with Crippen LogP contribution in [0.25, 0.3) is 5.57 Å². The molecule has 0 spiro atoms. The van der Waals surface area contributed by atoms with Gasteiger partial charge in [0.2, 0.25) is 0 Å². The van der Waals surface area contributed by atoms with Crippen molar-refractivity contribution in [3.63, 3.8) is 0 Å². The quantitative estimate of drug-likeness (QED) is 0.462. The van der Waals surface area contributed by atoms with E-state index < -0.39 is 0 Å². The van der Waals surface area contributed by atoms with Crippen molar-refractivity contribution >= 4 is 17.2 Å². The summed E-state index contributed by atoms with van der Waals surface area (Å²) in [5.41, 5.74) is 2.00. The van der Waals surface area contributed by atoms with Gasteiger partial charge in [-0.15, -0.1) is 0 Å². The summed E-state index contributed by atoms with van der Waals surface area (Å²) in [6, 6.07) is 3.57. The van der Waals surface area contributed by atoms with E-state index in [4.69, 9.17) is 16.3 Å². The monoisotopic (exact) mass is 370 g/mol. The van der Waals surface area contributed by atoms with E-state index in [2.05, 4.69) is 18.1 Å². The number of methoxy groups -OCH3 is 1. The summed E-state index contributed by atoms with van der Waals surface area (Å²) in [6.45, 7) is 7.55. The Balaban J connectivity index is 2.29. The second-order valence-corrected chi connectivity index (χ2v) is 6.45. The summed E-state index contributed by atoms with van der Waals surface area (Å²) in [4.78, 5) is 17.6. The normalized spacial score (nSPS) is 16.3. The molecule has 1 aliphatic rings. The molecule has 1 unspecified atom stereocenters. The number of halogens is 1. The highest BCUT2D eigenvalue weighted by Gasteiger charge is 2.38. The Morgan fingerprint density at radius 3 is 2.81 bits per heavy atom. The van der Waals surface area contributed by atoms with Crippen molar-refractivity contribution in [1.29, 1.82) is 0 Å². The Morgan fingerprint density at radius 1 is 1.46 bits per heavy atom. The first-order valence-electron chi connectivity index (χ1n) is 8.31. The van der Waals surface area contributed by atoms with Gasteiger partial charge in [0.25, 0.3) is 11.7 Å². The molecular weight excluding hydrogens is 350 g/mol. The fourth-order valence-corrected chi connectivity index (χ4v) is 3.66. The molecule has 26 heavy (non-hydrogen) atoms. The Labute approximate surface area is 157 Å². The number of hydrogen-bond acceptors (Lipinski definition) is 3. The van der Waals surface area contributed by atoms with E-state index in [0.717, 1.165) is 24.2 Å². The molecule has 0 bridgehead atoms. The van der Waals surface area contributed by atoms with E-state index in [1.807, 2.05) is 22.2 Å². The maximum absolute atomic E-state index is 13.4. The third-order valence-electron chi connectivity index (χ3n) is 4.70. The number of nitrogens with zero attached hydrogens (tertiary/aromatic N) is 3. The molecule has 5 nitrogen and oxygen atoms in total. The first-order valence-corrected chi connectivity index (χ1v) is 8.69. The second-order valence-electron chi connectivity index (χ2n) is 6.07. The minimum absolute atomic E-state index is 0.0899. The molecular formula is C20H21ClN3O2+. The summed E-state index contributed by atoms with van der Waals surface area (Å²) >= 11 is 5.91. The minimum atomic E-state index is -0.111. The molecule has 2 aromatic rings. The van der Waals surface area contributed by atoms with Crippen LogP contribution in [0.4, 0.5) is 0 Å². The van der Waals surface area contributed by atoms with Crippen LogP contribution >= 0.6 is 11.6 Å². The lowest BCUT2D eigenvalue weighted by molar-refractivity contribution is -0.688. The van der Waals surface area contributed by atoms with Crippen molar-refractivity contribution in [3.8, 4) is 5.88 Å². The first kappa shape index (κ1) is 18.1. The van der Waals surface area contributed by atoms with Gasteiger partial charge in [-0.25, -0.2) is 14.3 Å². The van der Waals surface area contributed by atoms with Crippen LogP contribution in [0.15, 0.2) is 54.5 Å². The van der Waals surface area contributed by atoms with Crippen LogP contribution in [-0.2, 0) is 13.5 Å². The molecule has 3 heterocycles. The van der Waals surface area contributed by atoms with Gasteiger partial charge < -0.3 is 4.74 Å². The van der Waals surface area contributed by atoms with Crippen molar-refractivity contribution < 1.29 is 9.30 Å². The number of pyridine rings is 1. The Bertz CT molecular complexity index is 959. The molecule has 0 fully saturated rings. The molecule has 134 valence electrons. The summed E-state index contributed by atoms with van der Waals surface area (Å²) in [5, 5.41) is 0.433. The standard InChI is InChI=1S/C20H21ClN3O2/c1-5-7-13(6-2)18-19(25)24-15(14-8-10-16(21)22-12-14)9-11-17(24)23(3)20(18)26-4/h5-8,10,12,15H,1-2,9,11H2,3-4H3/q+1/b13-7+. The van der Waals surface area contributed by atoms with Gasteiger partial charge >= 0.3 is 5.56 Å². The predicted octanol–water partition coefficient (Wildman–Crippen LogP) is 3.02. The predicted molar refractivity (Wildman–Crippen MR) is 103 cm³/mol. The van der Waals surface area contributed by atoms with E-state index >= 15 is 0 Å². The lowest BCUT2D eigenvalue weighted by Gasteiger charge is -2.14. The van der Waals surface area contributed by atoms with Crippen molar-refractivity contribution in [1.82, 2.24) is 9.55 Å². The number of hydrogen-bond donors (Lipinski definition) is 0. The molecule has 6 heteroatoms. The fraction of sp³-hybridized carbons (Fsp3) is 0.250. The van der Waals surface area contributed by atoms with E-state index in [1.165, 1.54) is 0 Å². The number of allylic oxidation sites excluding steroid dienone is 4. The van der Waals surface area contributed by atoms with Crippen molar-refractivity contribution in [2.24, 2.45) is 7.05 Å². The smallest absolute Gasteiger partial charge is 0.349 e. The van der Waals surface area contributed by atoms with Gasteiger partial charge in [0.05, 0.1) is 20.6 Å². The van der Waals surface area contributed by atoms with Crippen LogP contribution < -0.4 is 14.9 Å². The Kier molecular flexibility index (Phi) is 5.09. The average Bonchev–Trinajstić information content (AvgIpc) is 3.09. The Hall–Kier alpha value is -2.66. The lowest BCUT2D eigenvalue weighted by Crippen LogP contribution is -2.44. The zero-order valence-electron chi connectivity index (χ0n) is 14.9. The van der Waals surface area contributed by atoms with Crippen molar-refractivity contribution in [2.45, 2.75) is 18.9 Å². The zero-order valence-corrected chi connectivity index (χ0v) is 15.7. The highest BCUT2D eigenvalue weighted by Crippen LogP contribution is 2.31. The third kappa shape index (κ3) is 2.88.